The monoisotopic (exact) mass is 210 g/mol. The van der Waals surface area contributed by atoms with Crippen LogP contribution in [0.3, 0.4) is 0 Å². The van der Waals surface area contributed by atoms with Crippen LogP contribution < -0.4 is 0 Å². The fourth-order valence-corrected chi connectivity index (χ4v) is 1.87. The molecule has 0 aromatic heterocycles. The first kappa shape index (κ1) is 12.4. The van der Waals surface area contributed by atoms with Crippen LogP contribution >= 0.6 is 0 Å². The van der Waals surface area contributed by atoms with Crippen molar-refractivity contribution < 1.29 is 5.11 Å². The second-order valence-corrected chi connectivity index (χ2v) is 3.99. The van der Waals surface area contributed by atoms with Crippen molar-refractivity contribution in [3.63, 3.8) is 0 Å². The molecule has 0 aliphatic carbocycles. The fraction of sp³-hybridized carbons (Fsp3) is 0.750. The van der Waals surface area contributed by atoms with E-state index < -0.39 is 0 Å². The lowest BCUT2D eigenvalue weighted by atomic mass is 10.1. The molecule has 0 bridgehead atoms. The number of aliphatic imine (C=N–C) groups is 1. The minimum atomic E-state index is -0.381. The average Bonchev–Trinajstić information content (AvgIpc) is 2.66. The van der Waals surface area contributed by atoms with Crippen LogP contribution in [-0.4, -0.2) is 35.2 Å². The van der Waals surface area contributed by atoms with Crippen LogP contribution in [0, 0.1) is 0 Å². The van der Waals surface area contributed by atoms with Gasteiger partial charge in [-0.3, -0.25) is 9.89 Å². The Morgan fingerprint density at radius 2 is 2.40 bits per heavy atom. The second-order valence-electron chi connectivity index (χ2n) is 3.99. The van der Waals surface area contributed by atoms with E-state index in [4.69, 9.17) is 0 Å². The smallest absolute Gasteiger partial charge is 0.106 e. The number of nitrogens with zero attached hydrogens (tertiary/aromatic N) is 2. The van der Waals surface area contributed by atoms with Gasteiger partial charge in [-0.05, 0) is 39.5 Å². The topological polar surface area (TPSA) is 35.8 Å². The SMILES string of the molecule is C/C=C/CCCCC1N=CCN1C(C)O. The summed E-state index contributed by atoms with van der Waals surface area (Å²) >= 11 is 0. The summed E-state index contributed by atoms with van der Waals surface area (Å²) in [6, 6.07) is 0. The number of unbranched alkanes of at least 4 members (excludes halogenated alkanes) is 2. The number of hydrogen-bond acceptors (Lipinski definition) is 3. The molecule has 0 aromatic rings. The van der Waals surface area contributed by atoms with Gasteiger partial charge in [-0.15, -0.1) is 0 Å². The normalized spacial score (nSPS) is 24.1. The lowest BCUT2D eigenvalue weighted by Gasteiger charge is -2.25. The highest BCUT2D eigenvalue weighted by molar-refractivity contribution is 5.62. The van der Waals surface area contributed by atoms with Crippen LogP contribution in [0.2, 0.25) is 0 Å². The summed E-state index contributed by atoms with van der Waals surface area (Å²) in [5.41, 5.74) is 0. The van der Waals surface area contributed by atoms with E-state index in [1.54, 1.807) is 0 Å². The molecule has 2 atom stereocenters. The Kier molecular flexibility index (Phi) is 5.58. The molecule has 1 aliphatic heterocycles. The lowest BCUT2D eigenvalue weighted by Crippen LogP contribution is -2.37. The minimum Gasteiger partial charge on any atom is -0.379 e. The predicted octanol–water partition coefficient (Wildman–Crippen LogP) is 2.17. The maximum absolute atomic E-state index is 9.50. The zero-order valence-corrected chi connectivity index (χ0v) is 9.76. The third kappa shape index (κ3) is 4.14. The van der Waals surface area contributed by atoms with Crippen molar-refractivity contribution in [2.24, 2.45) is 4.99 Å². The number of hydrogen-bond donors (Lipinski definition) is 1. The maximum atomic E-state index is 9.50. The summed E-state index contributed by atoms with van der Waals surface area (Å²) in [4.78, 5) is 6.40. The van der Waals surface area contributed by atoms with Gasteiger partial charge in [0.05, 0.1) is 0 Å². The summed E-state index contributed by atoms with van der Waals surface area (Å²) in [6.07, 6.45) is 10.6. The molecule has 0 aromatic carbocycles. The molecule has 3 nitrogen and oxygen atoms in total. The van der Waals surface area contributed by atoms with E-state index in [1.165, 1.54) is 12.8 Å². The Bertz CT molecular complexity index is 224. The molecule has 0 fully saturated rings. The first-order valence-corrected chi connectivity index (χ1v) is 5.82. The summed E-state index contributed by atoms with van der Waals surface area (Å²) in [6.45, 7) is 4.65. The van der Waals surface area contributed by atoms with Crippen molar-refractivity contribution in [3.05, 3.63) is 12.2 Å². The zero-order chi connectivity index (χ0) is 11.1. The fourth-order valence-electron chi connectivity index (χ4n) is 1.87. The van der Waals surface area contributed by atoms with Gasteiger partial charge in [0.1, 0.15) is 12.4 Å². The summed E-state index contributed by atoms with van der Waals surface area (Å²) in [7, 11) is 0. The van der Waals surface area contributed by atoms with Gasteiger partial charge in [-0.25, -0.2) is 0 Å². The highest BCUT2D eigenvalue weighted by Crippen LogP contribution is 2.16. The first-order chi connectivity index (χ1) is 7.25. The van der Waals surface area contributed by atoms with Crippen LogP contribution in [-0.2, 0) is 0 Å². The maximum Gasteiger partial charge on any atom is 0.106 e. The molecular weight excluding hydrogens is 188 g/mol. The molecule has 1 heterocycles. The van der Waals surface area contributed by atoms with Crippen molar-refractivity contribution in [2.75, 3.05) is 6.54 Å². The van der Waals surface area contributed by atoms with Gasteiger partial charge in [0.15, 0.2) is 0 Å². The van der Waals surface area contributed by atoms with Gasteiger partial charge < -0.3 is 5.11 Å². The molecule has 3 heteroatoms. The van der Waals surface area contributed by atoms with Gasteiger partial charge in [0, 0.05) is 12.8 Å². The molecule has 86 valence electrons. The minimum absolute atomic E-state index is 0.204. The molecule has 0 saturated carbocycles. The standard InChI is InChI=1S/C12H22N2O/c1-3-4-5-6-7-8-12-13-9-10-14(12)11(2)15/h3-4,9,11-12,15H,5-8,10H2,1-2H3/b4-3+. The van der Waals surface area contributed by atoms with E-state index in [2.05, 4.69) is 24.1 Å². The van der Waals surface area contributed by atoms with Crippen molar-refractivity contribution in [1.82, 2.24) is 4.90 Å². The van der Waals surface area contributed by atoms with Crippen molar-refractivity contribution in [3.8, 4) is 0 Å². The lowest BCUT2D eigenvalue weighted by molar-refractivity contribution is 0.00715. The van der Waals surface area contributed by atoms with Gasteiger partial charge >= 0.3 is 0 Å². The molecular formula is C12H22N2O. The van der Waals surface area contributed by atoms with Gasteiger partial charge in [-0.2, -0.15) is 0 Å². The second kappa shape index (κ2) is 6.75. The Hall–Kier alpha value is -0.670. The van der Waals surface area contributed by atoms with Gasteiger partial charge in [0.2, 0.25) is 0 Å². The highest BCUT2D eigenvalue weighted by atomic mass is 16.3. The van der Waals surface area contributed by atoms with Crippen molar-refractivity contribution >= 4 is 6.21 Å². The number of allylic oxidation sites excluding steroid dienone is 2. The third-order valence-corrected chi connectivity index (χ3v) is 2.75. The predicted molar refractivity (Wildman–Crippen MR) is 63.9 cm³/mol. The summed E-state index contributed by atoms with van der Waals surface area (Å²) in [5.74, 6) is 0. The number of aliphatic hydroxyl groups excluding tert-OH is 1. The van der Waals surface area contributed by atoms with E-state index in [0.29, 0.717) is 0 Å². The average molecular weight is 210 g/mol. The Morgan fingerprint density at radius 1 is 1.60 bits per heavy atom. The molecule has 0 radical (unpaired) electrons. The van der Waals surface area contributed by atoms with E-state index in [-0.39, 0.29) is 12.4 Å². The Morgan fingerprint density at radius 3 is 3.07 bits per heavy atom. The van der Waals surface area contributed by atoms with Crippen LogP contribution in [0.25, 0.3) is 0 Å². The van der Waals surface area contributed by atoms with E-state index in [9.17, 15) is 5.11 Å². The number of aliphatic hydroxyl groups is 1. The molecule has 2 unspecified atom stereocenters. The largest absolute Gasteiger partial charge is 0.379 e. The van der Waals surface area contributed by atoms with Crippen LogP contribution in [0.15, 0.2) is 17.1 Å². The molecule has 15 heavy (non-hydrogen) atoms. The van der Waals surface area contributed by atoms with Crippen molar-refractivity contribution in [1.29, 1.82) is 0 Å². The Balaban J connectivity index is 2.17. The van der Waals surface area contributed by atoms with Crippen LogP contribution in [0.5, 0.6) is 0 Å². The summed E-state index contributed by atoms with van der Waals surface area (Å²) < 4.78 is 0. The summed E-state index contributed by atoms with van der Waals surface area (Å²) in [5, 5.41) is 9.50. The molecule has 1 rings (SSSR count). The van der Waals surface area contributed by atoms with E-state index in [0.717, 1.165) is 19.4 Å². The first-order valence-electron chi connectivity index (χ1n) is 5.82. The molecule has 0 saturated heterocycles. The Labute approximate surface area is 92.5 Å². The van der Waals surface area contributed by atoms with Crippen molar-refractivity contribution in [2.45, 2.75) is 51.9 Å². The third-order valence-electron chi connectivity index (χ3n) is 2.75. The van der Waals surface area contributed by atoms with E-state index >= 15 is 0 Å². The van der Waals surface area contributed by atoms with Gasteiger partial charge in [0.25, 0.3) is 0 Å². The zero-order valence-electron chi connectivity index (χ0n) is 9.76. The molecule has 0 spiro atoms. The molecule has 1 N–H and O–H groups in total. The van der Waals surface area contributed by atoms with Gasteiger partial charge in [-0.1, -0.05) is 12.2 Å². The highest BCUT2D eigenvalue weighted by Gasteiger charge is 2.23. The number of rotatable bonds is 6. The van der Waals surface area contributed by atoms with Crippen LogP contribution in [0.1, 0.15) is 39.5 Å². The molecule has 1 aliphatic rings. The van der Waals surface area contributed by atoms with E-state index in [1.807, 2.05) is 18.0 Å². The van der Waals surface area contributed by atoms with Crippen LogP contribution in [0.4, 0.5) is 0 Å². The molecule has 0 amide bonds. The quantitative estimate of drug-likeness (QED) is 0.539.